The quantitative estimate of drug-likeness (QED) is 0.775. The van der Waals surface area contributed by atoms with Crippen molar-refractivity contribution in [2.75, 3.05) is 11.9 Å². The van der Waals surface area contributed by atoms with Crippen LogP contribution in [0.25, 0.3) is 11.3 Å². The number of hydrogen-bond acceptors (Lipinski definition) is 2. The molecule has 0 saturated heterocycles. The van der Waals surface area contributed by atoms with Gasteiger partial charge in [-0.25, -0.2) is 4.98 Å². The molecule has 1 aromatic heterocycles. The molecule has 1 fully saturated rings. The zero-order chi connectivity index (χ0) is 14.8. The molecule has 0 aliphatic heterocycles. The van der Waals surface area contributed by atoms with Crippen LogP contribution in [-0.4, -0.2) is 11.5 Å². The average molecular weight is 321 g/mol. The maximum Gasteiger partial charge on any atom is 0.145 e. The molecule has 110 valence electrons. The molecule has 0 atom stereocenters. The molecule has 1 aromatic carbocycles. The number of aromatic nitrogens is 1. The lowest BCUT2D eigenvalue weighted by Gasteiger charge is -2.28. The Bertz CT molecular complexity index is 651. The van der Waals surface area contributed by atoms with Crippen molar-refractivity contribution in [1.82, 2.24) is 4.98 Å². The van der Waals surface area contributed by atoms with Crippen molar-refractivity contribution in [2.45, 2.75) is 32.1 Å². The summed E-state index contributed by atoms with van der Waals surface area (Å²) in [4.78, 5) is 4.66. The van der Waals surface area contributed by atoms with Gasteiger partial charge in [-0.1, -0.05) is 53.9 Å². The highest BCUT2D eigenvalue weighted by Gasteiger charge is 2.24. The maximum absolute atomic E-state index is 6.40. The van der Waals surface area contributed by atoms with Crippen molar-refractivity contribution in [3.8, 4) is 11.3 Å². The fraction of sp³-hybridized carbons (Fsp3) is 0.353. The van der Waals surface area contributed by atoms with Crippen LogP contribution in [0.15, 0.2) is 30.3 Å². The van der Waals surface area contributed by atoms with Gasteiger partial charge >= 0.3 is 0 Å². The molecule has 0 unspecified atom stereocenters. The molecular weight excluding hydrogens is 303 g/mol. The van der Waals surface area contributed by atoms with E-state index in [0.29, 0.717) is 21.8 Å². The molecule has 21 heavy (non-hydrogen) atoms. The Morgan fingerprint density at radius 3 is 2.62 bits per heavy atom. The van der Waals surface area contributed by atoms with E-state index in [-0.39, 0.29) is 0 Å². The van der Waals surface area contributed by atoms with Crippen LogP contribution in [-0.2, 0) is 0 Å². The highest BCUT2D eigenvalue weighted by atomic mass is 35.5. The van der Waals surface area contributed by atoms with Gasteiger partial charge in [-0.3, -0.25) is 0 Å². The minimum absolute atomic E-state index is 0.562. The first-order valence-electron chi connectivity index (χ1n) is 7.40. The number of nitrogens with one attached hydrogen (secondary N) is 1. The van der Waals surface area contributed by atoms with Gasteiger partial charge in [0.2, 0.25) is 0 Å². The number of pyridine rings is 1. The summed E-state index contributed by atoms with van der Waals surface area (Å²) in [5.74, 6) is 1.33. The number of benzene rings is 1. The predicted molar refractivity (Wildman–Crippen MR) is 90.4 cm³/mol. The SMILES string of the molecule is CCNc1nc(-c2ccccc2C2CCC2)c(Cl)cc1Cl. The smallest absolute Gasteiger partial charge is 0.145 e. The molecule has 1 N–H and O–H groups in total. The number of hydrogen-bond donors (Lipinski definition) is 1. The van der Waals surface area contributed by atoms with Crippen LogP contribution in [0.1, 0.15) is 37.7 Å². The van der Waals surface area contributed by atoms with Crippen LogP contribution in [0.3, 0.4) is 0 Å². The van der Waals surface area contributed by atoms with E-state index in [1.165, 1.54) is 24.8 Å². The van der Waals surface area contributed by atoms with Crippen molar-refractivity contribution in [3.63, 3.8) is 0 Å². The molecule has 1 aliphatic carbocycles. The molecule has 1 saturated carbocycles. The van der Waals surface area contributed by atoms with Crippen LogP contribution in [0, 0.1) is 0 Å². The fourth-order valence-corrected chi connectivity index (χ4v) is 3.26. The third kappa shape index (κ3) is 2.88. The van der Waals surface area contributed by atoms with Gasteiger partial charge in [-0.15, -0.1) is 0 Å². The summed E-state index contributed by atoms with van der Waals surface area (Å²) < 4.78 is 0. The van der Waals surface area contributed by atoms with E-state index in [2.05, 4.69) is 28.5 Å². The lowest BCUT2D eigenvalue weighted by atomic mass is 9.78. The molecule has 0 spiro atoms. The molecular formula is C17H18Cl2N2. The Labute approximate surface area is 135 Å². The first-order valence-corrected chi connectivity index (χ1v) is 8.15. The first kappa shape index (κ1) is 14.7. The minimum Gasteiger partial charge on any atom is -0.369 e. The third-order valence-electron chi connectivity index (χ3n) is 4.03. The van der Waals surface area contributed by atoms with Crippen LogP contribution >= 0.6 is 23.2 Å². The number of nitrogens with zero attached hydrogens (tertiary/aromatic N) is 1. The van der Waals surface area contributed by atoms with E-state index in [0.717, 1.165) is 17.8 Å². The van der Waals surface area contributed by atoms with Gasteiger partial charge in [-0.2, -0.15) is 0 Å². The van der Waals surface area contributed by atoms with Crippen LogP contribution in [0.5, 0.6) is 0 Å². The predicted octanol–water partition coefficient (Wildman–Crippen LogP) is 5.75. The van der Waals surface area contributed by atoms with Crippen molar-refractivity contribution >= 4 is 29.0 Å². The largest absolute Gasteiger partial charge is 0.369 e. The Balaban J connectivity index is 2.09. The van der Waals surface area contributed by atoms with Crippen molar-refractivity contribution in [3.05, 3.63) is 45.9 Å². The molecule has 4 heteroatoms. The first-order chi connectivity index (χ1) is 10.2. The van der Waals surface area contributed by atoms with E-state index < -0.39 is 0 Å². The zero-order valence-corrected chi connectivity index (χ0v) is 13.5. The van der Waals surface area contributed by atoms with Gasteiger partial charge in [0.15, 0.2) is 0 Å². The Hall–Kier alpha value is -1.25. The van der Waals surface area contributed by atoms with Gasteiger partial charge in [0.1, 0.15) is 5.82 Å². The summed E-state index contributed by atoms with van der Waals surface area (Å²) in [5.41, 5.74) is 3.30. The van der Waals surface area contributed by atoms with Gasteiger partial charge in [0.05, 0.1) is 15.7 Å². The molecule has 0 amide bonds. The molecule has 0 radical (unpaired) electrons. The molecule has 2 aromatic rings. The lowest BCUT2D eigenvalue weighted by Crippen LogP contribution is -2.10. The zero-order valence-electron chi connectivity index (χ0n) is 12.0. The van der Waals surface area contributed by atoms with Crippen LogP contribution in [0.4, 0.5) is 5.82 Å². The van der Waals surface area contributed by atoms with Crippen molar-refractivity contribution < 1.29 is 0 Å². The van der Waals surface area contributed by atoms with Gasteiger partial charge in [0, 0.05) is 12.1 Å². The maximum atomic E-state index is 6.40. The summed E-state index contributed by atoms with van der Waals surface area (Å²) in [5, 5.41) is 4.35. The Morgan fingerprint density at radius 1 is 1.19 bits per heavy atom. The van der Waals surface area contributed by atoms with Gasteiger partial charge < -0.3 is 5.32 Å². The second kappa shape index (κ2) is 6.25. The molecule has 3 rings (SSSR count). The van der Waals surface area contributed by atoms with Crippen LogP contribution in [0.2, 0.25) is 10.0 Å². The Kier molecular flexibility index (Phi) is 4.37. The van der Waals surface area contributed by atoms with E-state index in [1.807, 2.05) is 13.0 Å². The van der Waals surface area contributed by atoms with E-state index in [9.17, 15) is 0 Å². The number of halogens is 2. The van der Waals surface area contributed by atoms with Gasteiger partial charge in [0.25, 0.3) is 0 Å². The molecule has 1 heterocycles. The summed E-state index contributed by atoms with van der Waals surface area (Å²) in [7, 11) is 0. The number of rotatable bonds is 4. The highest BCUT2D eigenvalue weighted by Crippen LogP contribution is 2.42. The van der Waals surface area contributed by atoms with E-state index in [4.69, 9.17) is 23.2 Å². The summed E-state index contributed by atoms with van der Waals surface area (Å²) in [6, 6.07) is 10.2. The molecule has 1 aliphatic rings. The molecule has 0 bridgehead atoms. The summed E-state index contributed by atoms with van der Waals surface area (Å²) in [6.45, 7) is 2.80. The lowest BCUT2D eigenvalue weighted by molar-refractivity contribution is 0.420. The third-order valence-corrected chi connectivity index (χ3v) is 4.61. The minimum atomic E-state index is 0.562. The number of anilines is 1. The summed E-state index contributed by atoms with van der Waals surface area (Å²) >= 11 is 12.6. The van der Waals surface area contributed by atoms with Crippen molar-refractivity contribution in [1.29, 1.82) is 0 Å². The van der Waals surface area contributed by atoms with Crippen molar-refractivity contribution in [2.24, 2.45) is 0 Å². The summed E-state index contributed by atoms with van der Waals surface area (Å²) in [6.07, 6.45) is 3.81. The topological polar surface area (TPSA) is 24.9 Å². The van der Waals surface area contributed by atoms with E-state index in [1.54, 1.807) is 6.07 Å². The molecule has 2 nitrogen and oxygen atoms in total. The average Bonchev–Trinajstić information content (AvgIpc) is 2.41. The standard InChI is InChI=1S/C17H18Cl2N2/c1-2-20-17-15(19)10-14(18)16(21-17)13-9-4-3-8-12(13)11-6-5-7-11/h3-4,8-11H,2,5-7H2,1H3,(H,20,21). The van der Waals surface area contributed by atoms with E-state index >= 15 is 0 Å². The normalized spacial score (nSPS) is 14.8. The van der Waals surface area contributed by atoms with Crippen LogP contribution < -0.4 is 5.32 Å². The Morgan fingerprint density at radius 2 is 1.95 bits per heavy atom. The second-order valence-corrected chi connectivity index (χ2v) is 6.21. The van der Waals surface area contributed by atoms with Gasteiger partial charge in [-0.05, 0) is 37.3 Å². The monoisotopic (exact) mass is 320 g/mol. The highest BCUT2D eigenvalue weighted by molar-refractivity contribution is 6.37. The fourth-order valence-electron chi connectivity index (χ4n) is 2.73. The second-order valence-electron chi connectivity index (χ2n) is 5.39.